The Balaban J connectivity index is 1.56. The Morgan fingerprint density at radius 3 is 3.19 bits per heavy atom. The zero-order chi connectivity index (χ0) is 14.5. The van der Waals surface area contributed by atoms with Crippen LogP contribution in [0.1, 0.15) is 34.6 Å². The van der Waals surface area contributed by atoms with E-state index in [4.69, 9.17) is 0 Å². The van der Waals surface area contributed by atoms with E-state index in [1.165, 1.54) is 0 Å². The second kappa shape index (κ2) is 6.43. The van der Waals surface area contributed by atoms with Gasteiger partial charge in [0.05, 0.1) is 0 Å². The predicted molar refractivity (Wildman–Crippen MR) is 82.5 cm³/mol. The molecule has 0 saturated heterocycles. The van der Waals surface area contributed by atoms with Crippen LogP contribution in [-0.4, -0.2) is 29.0 Å². The van der Waals surface area contributed by atoms with E-state index in [0.29, 0.717) is 6.54 Å². The minimum atomic E-state index is 0.0231. The largest absolute Gasteiger partial charge is 0.385 e. The fourth-order valence-corrected chi connectivity index (χ4v) is 2.71. The van der Waals surface area contributed by atoms with Crippen molar-refractivity contribution < 1.29 is 4.79 Å². The lowest BCUT2D eigenvalue weighted by atomic mass is 9.97. The van der Waals surface area contributed by atoms with Gasteiger partial charge < -0.3 is 15.6 Å². The van der Waals surface area contributed by atoms with Crippen LogP contribution >= 0.6 is 0 Å². The molecule has 0 spiro atoms. The molecule has 0 bridgehead atoms. The molecule has 0 saturated carbocycles. The molecule has 5 nitrogen and oxygen atoms in total. The standard InChI is InChI=1S/C16H20N4O/c21-16(20-9-3-7-15-18-10-11-19-15)13-4-1-6-14-12(13)5-2-8-17-14/h1,4,6,10-11,17H,2-3,5,7-9H2,(H,18,19)(H,20,21). The molecule has 110 valence electrons. The summed E-state index contributed by atoms with van der Waals surface area (Å²) in [6, 6.07) is 5.89. The van der Waals surface area contributed by atoms with Gasteiger partial charge in [0, 0.05) is 43.2 Å². The molecule has 1 aromatic heterocycles. The van der Waals surface area contributed by atoms with Crippen molar-refractivity contribution in [3.05, 3.63) is 47.5 Å². The number of rotatable bonds is 5. The van der Waals surface area contributed by atoms with Crippen molar-refractivity contribution in [1.82, 2.24) is 15.3 Å². The monoisotopic (exact) mass is 284 g/mol. The van der Waals surface area contributed by atoms with Crippen molar-refractivity contribution in [1.29, 1.82) is 0 Å². The molecule has 0 atom stereocenters. The lowest BCUT2D eigenvalue weighted by Crippen LogP contribution is -2.27. The molecule has 0 fully saturated rings. The number of aromatic nitrogens is 2. The average molecular weight is 284 g/mol. The molecule has 3 rings (SSSR count). The number of fused-ring (bicyclic) bond motifs is 1. The molecule has 1 amide bonds. The number of hydrogen-bond donors (Lipinski definition) is 3. The maximum atomic E-state index is 12.3. The lowest BCUT2D eigenvalue weighted by molar-refractivity contribution is 0.0952. The van der Waals surface area contributed by atoms with Gasteiger partial charge in [0.1, 0.15) is 5.82 Å². The normalized spacial score (nSPS) is 13.3. The summed E-state index contributed by atoms with van der Waals surface area (Å²) < 4.78 is 0. The number of amides is 1. The first-order valence-electron chi connectivity index (χ1n) is 7.47. The van der Waals surface area contributed by atoms with Gasteiger partial charge in [-0.25, -0.2) is 4.98 Å². The Labute approximate surface area is 124 Å². The van der Waals surface area contributed by atoms with E-state index in [-0.39, 0.29) is 5.91 Å². The SMILES string of the molecule is O=C(NCCCc1ncc[nH]1)c1cccc2c1CCCN2. The highest BCUT2D eigenvalue weighted by molar-refractivity contribution is 5.97. The summed E-state index contributed by atoms with van der Waals surface area (Å²) in [7, 11) is 0. The minimum absolute atomic E-state index is 0.0231. The van der Waals surface area contributed by atoms with E-state index in [2.05, 4.69) is 20.6 Å². The highest BCUT2D eigenvalue weighted by Gasteiger charge is 2.16. The van der Waals surface area contributed by atoms with Gasteiger partial charge in [-0.15, -0.1) is 0 Å². The van der Waals surface area contributed by atoms with Crippen LogP contribution < -0.4 is 10.6 Å². The van der Waals surface area contributed by atoms with Crippen molar-refractivity contribution in [3.63, 3.8) is 0 Å². The summed E-state index contributed by atoms with van der Waals surface area (Å²) >= 11 is 0. The third-order valence-corrected chi connectivity index (χ3v) is 3.77. The van der Waals surface area contributed by atoms with Crippen molar-refractivity contribution in [3.8, 4) is 0 Å². The Morgan fingerprint density at radius 1 is 1.38 bits per heavy atom. The second-order valence-corrected chi connectivity index (χ2v) is 5.26. The topological polar surface area (TPSA) is 69.8 Å². The van der Waals surface area contributed by atoms with Crippen LogP contribution in [0.4, 0.5) is 5.69 Å². The van der Waals surface area contributed by atoms with E-state index >= 15 is 0 Å². The molecule has 1 aliphatic heterocycles. The van der Waals surface area contributed by atoms with Crippen LogP contribution in [0, 0.1) is 0 Å². The Kier molecular flexibility index (Phi) is 4.19. The van der Waals surface area contributed by atoms with Gasteiger partial charge in [-0.3, -0.25) is 4.79 Å². The Bertz CT molecular complexity index is 607. The summed E-state index contributed by atoms with van der Waals surface area (Å²) in [5.41, 5.74) is 3.05. The van der Waals surface area contributed by atoms with E-state index in [1.54, 1.807) is 6.20 Å². The summed E-state index contributed by atoms with van der Waals surface area (Å²) in [6.07, 6.45) is 7.34. The Morgan fingerprint density at radius 2 is 2.33 bits per heavy atom. The highest BCUT2D eigenvalue weighted by atomic mass is 16.1. The summed E-state index contributed by atoms with van der Waals surface area (Å²) in [4.78, 5) is 19.6. The summed E-state index contributed by atoms with van der Waals surface area (Å²) in [6.45, 7) is 1.65. The molecule has 1 aromatic carbocycles. The van der Waals surface area contributed by atoms with E-state index in [9.17, 15) is 4.79 Å². The first-order chi connectivity index (χ1) is 10.3. The number of H-pyrrole nitrogens is 1. The Hall–Kier alpha value is -2.30. The number of carbonyl (C=O) groups excluding carboxylic acids is 1. The third kappa shape index (κ3) is 3.24. The lowest BCUT2D eigenvalue weighted by Gasteiger charge is -2.20. The average Bonchev–Trinajstić information content (AvgIpc) is 3.04. The highest BCUT2D eigenvalue weighted by Crippen LogP contribution is 2.25. The number of aromatic amines is 1. The van der Waals surface area contributed by atoms with Gasteiger partial charge in [0.25, 0.3) is 5.91 Å². The van der Waals surface area contributed by atoms with Gasteiger partial charge >= 0.3 is 0 Å². The van der Waals surface area contributed by atoms with E-state index < -0.39 is 0 Å². The van der Waals surface area contributed by atoms with Crippen LogP contribution in [0.3, 0.4) is 0 Å². The van der Waals surface area contributed by atoms with Crippen LogP contribution in [0.2, 0.25) is 0 Å². The smallest absolute Gasteiger partial charge is 0.251 e. The van der Waals surface area contributed by atoms with Gasteiger partial charge in [-0.1, -0.05) is 6.07 Å². The number of benzene rings is 1. The summed E-state index contributed by atoms with van der Waals surface area (Å²) in [5.74, 6) is 0.987. The quantitative estimate of drug-likeness (QED) is 0.737. The number of nitrogens with zero attached hydrogens (tertiary/aromatic N) is 1. The zero-order valence-corrected chi connectivity index (χ0v) is 12.0. The van der Waals surface area contributed by atoms with E-state index in [1.807, 2.05) is 24.4 Å². The molecule has 2 heterocycles. The summed E-state index contributed by atoms with van der Waals surface area (Å²) in [5, 5.41) is 6.35. The molecule has 3 N–H and O–H groups in total. The fraction of sp³-hybridized carbons (Fsp3) is 0.375. The van der Waals surface area contributed by atoms with Crippen molar-refractivity contribution >= 4 is 11.6 Å². The first-order valence-corrected chi connectivity index (χ1v) is 7.47. The predicted octanol–water partition coefficient (Wildman–Crippen LogP) is 2.13. The molecule has 0 unspecified atom stereocenters. The van der Waals surface area contributed by atoms with Crippen LogP contribution in [0.5, 0.6) is 0 Å². The van der Waals surface area contributed by atoms with Crippen molar-refractivity contribution in [2.75, 3.05) is 18.4 Å². The van der Waals surface area contributed by atoms with Crippen molar-refractivity contribution in [2.24, 2.45) is 0 Å². The number of aryl methyl sites for hydroxylation is 1. The molecular weight excluding hydrogens is 264 g/mol. The molecule has 5 heteroatoms. The fourth-order valence-electron chi connectivity index (χ4n) is 2.71. The van der Waals surface area contributed by atoms with Crippen LogP contribution in [0.25, 0.3) is 0 Å². The molecular formula is C16H20N4O. The third-order valence-electron chi connectivity index (χ3n) is 3.77. The molecule has 0 radical (unpaired) electrons. The number of anilines is 1. The van der Waals surface area contributed by atoms with Gasteiger partial charge in [0.2, 0.25) is 0 Å². The maximum Gasteiger partial charge on any atom is 0.251 e. The van der Waals surface area contributed by atoms with Crippen molar-refractivity contribution in [2.45, 2.75) is 25.7 Å². The van der Waals surface area contributed by atoms with Crippen LogP contribution in [0.15, 0.2) is 30.6 Å². The van der Waals surface area contributed by atoms with Gasteiger partial charge in [0.15, 0.2) is 0 Å². The molecule has 21 heavy (non-hydrogen) atoms. The molecule has 2 aromatic rings. The zero-order valence-electron chi connectivity index (χ0n) is 12.0. The maximum absolute atomic E-state index is 12.3. The number of imidazole rings is 1. The molecule has 1 aliphatic rings. The number of carbonyl (C=O) groups is 1. The minimum Gasteiger partial charge on any atom is -0.385 e. The van der Waals surface area contributed by atoms with E-state index in [0.717, 1.165) is 54.9 Å². The first kappa shape index (κ1) is 13.7. The second-order valence-electron chi connectivity index (χ2n) is 5.26. The van der Waals surface area contributed by atoms with Crippen LogP contribution in [-0.2, 0) is 12.8 Å². The number of hydrogen-bond acceptors (Lipinski definition) is 3. The number of nitrogens with one attached hydrogen (secondary N) is 3. The van der Waals surface area contributed by atoms with Gasteiger partial charge in [-0.2, -0.15) is 0 Å². The molecule has 0 aliphatic carbocycles. The van der Waals surface area contributed by atoms with Gasteiger partial charge in [-0.05, 0) is 37.0 Å².